The minimum absolute atomic E-state index is 0.0332. The molecule has 6 heteroatoms. The van der Waals surface area contributed by atoms with Crippen molar-refractivity contribution in [2.75, 3.05) is 28.4 Å². The molecule has 4 nitrogen and oxygen atoms in total. The highest BCUT2D eigenvalue weighted by Crippen LogP contribution is 2.34. The average Bonchev–Trinajstić information content (AvgIpc) is 2.66. The molecule has 0 saturated heterocycles. The van der Waals surface area contributed by atoms with E-state index in [9.17, 15) is 0 Å². The lowest BCUT2D eigenvalue weighted by atomic mass is 9.91. The summed E-state index contributed by atoms with van der Waals surface area (Å²) < 4.78 is 21.8. The van der Waals surface area contributed by atoms with Crippen molar-refractivity contribution in [2.45, 2.75) is 23.3 Å². The van der Waals surface area contributed by atoms with Gasteiger partial charge in [0.1, 0.15) is 30.9 Å². The second-order valence-electron chi connectivity index (χ2n) is 6.05. The summed E-state index contributed by atoms with van der Waals surface area (Å²) in [6, 6.07) is 10.7. The number of rotatable bonds is 9. The lowest BCUT2D eigenvalue weighted by Gasteiger charge is -2.35. The van der Waals surface area contributed by atoms with Crippen LogP contribution in [0.25, 0.3) is 0 Å². The zero-order chi connectivity index (χ0) is 17.4. The second-order valence-corrected chi connectivity index (χ2v) is 10.3. The van der Waals surface area contributed by atoms with Gasteiger partial charge in [-0.15, -0.1) is 0 Å². The third-order valence-electron chi connectivity index (χ3n) is 4.68. The third kappa shape index (κ3) is 4.75. The molecule has 0 N–H and O–H groups in total. The maximum absolute atomic E-state index is 5.53. The number of hydrogen-bond acceptors (Lipinski definition) is 4. The van der Waals surface area contributed by atoms with E-state index in [1.807, 2.05) is 0 Å². The van der Waals surface area contributed by atoms with E-state index in [2.05, 4.69) is 48.6 Å². The summed E-state index contributed by atoms with van der Waals surface area (Å²) in [7, 11) is 5.55. The molecule has 1 aliphatic rings. The van der Waals surface area contributed by atoms with Gasteiger partial charge in [0, 0.05) is 33.5 Å². The standard InChI is InChI=1S/C18H28O4Si2/c1-19-16(20-2)23-15-10-12-18(13-11-15,24-17(21-3)22-4)14-8-6-5-7-9-14/h5-12,16-17H,13,23-24H2,1-4H3. The molecule has 0 fully saturated rings. The van der Waals surface area contributed by atoms with Gasteiger partial charge in [-0.3, -0.25) is 0 Å². The topological polar surface area (TPSA) is 36.9 Å². The van der Waals surface area contributed by atoms with E-state index in [-0.39, 0.29) is 16.9 Å². The Balaban J connectivity index is 2.21. The third-order valence-corrected chi connectivity index (χ3v) is 9.34. The van der Waals surface area contributed by atoms with E-state index in [1.54, 1.807) is 28.4 Å². The summed E-state index contributed by atoms with van der Waals surface area (Å²) in [4.78, 5) is 0. The highest BCUT2D eigenvalue weighted by atomic mass is 28.2. The van der Waals surface area contributed by atoms with Crippen LogP contribution < -0.4 is 0 Å². The van der Waals surface area contributed by atoms with Crippen molar-refractivity contribution in [1.29, 1.82) is 0 Å². The molecular weight excluding hydrogens is 336 g/mol. The molecule has 0 spiro atoms. The molecule has 0 amide bonds. The summed E-state index contributed by atoms with van der Waals surface area (Å²) in [5.74, 6) is -0.152. The van der Waals surface area contributed by atoms with Crippen LogP contribution in [0.5, 0.6) is 0 Å². The van der Waals surface area contributed by atoms with E-state index < -0.39 is 19.0 Å². The second kappa shape index (κ2) is 9.46. The van der Waals surface area contributed by atoms with Crippen molar-refractivity contribution in [3.05, 3.63) is 59.3 Å². The van der Waals surface area contributed by atoms with Gasteiger partial charge in [-0.25, -0.2) is 0 Å². The zero-order valence-electron chi connectivity index (χ0n) is 15.0. The first kappa shape index (κ1) is 19.3. The molecule has 1 aliphatic carbocycles. The van der Waals surface area contributed by atoms with Gasteiger partial charge in [0.2, 0.25) is 0 Å². The van der Waals surface area contributed by atoms with Crippen molar-refractivity contribution in [1.82, 2.24) is 0 Å². The minimum Gasteiger partial charge on any atom is -0.360 e. The monoisotopic (exact) mass is 364 g/mol. The minimum atomic E-state index is -0.709. The fourth-order valence-electron chi connectivity index (χ4n) is 3.14. The van der Waals surface area contributed by atoms with Crippen molar-refractivity contribution in [3.8, 4) is 0 Å². The van der Waals surface area contributed by atoms with Gasteiger partial charge < -0.3 is 18.9 Å². The predicted molar refractivity (Wildman–Crippen MR) is 103 cm³/mol. The van der Waals surface area contributed by atoms with Gasteiger partial charge in [0.05, 0.1) is 0 Å². The molecule has 0 bridgehead atoms. The average molecular weight is 365 g/mol. The summed E-state index contributed by atoms with van der Waals surface area (Å²) in [6.45, 7) is 0. The van der Waals surface area contributed by atoms with Crippen molar-refractivity contribution in [3.63, 3.8) is 0 Å². The quantitative estimate of drug-likeness (QED) is 0.488. The normalized spacial score (nSPS) is 21.7. The Morgan fingerprint density at radius 3 is 2.04 bits per heavy atom. The predicted octanol–water partition coefficient (Wildman–Crippen LogP) is 1.22. The molecule has 0 aliphatic heterocycles. The Kier molecular flexibility index (Phi) is 7.60. The van der Waals surface area contributed by atoms with Crippen LogP contribution in [0.4, 0.5) is 0 Å². The van der Waals surface area contributed by atoms with Gasteiger partial charge in [-0.1, -0.05) is 53.8 Å². The van der Waals surface area contributed by atoms with Gasteiger partial charge in [0.25, 0.3) is 0 Å². The van der Waals surface area contributed by atoms with E-state index in [0.717, 1.165) is 6.42 Å². The van der Waals surface area contributed by atoms with E-state index in [0.29, 0.717) is 0 Å². The number of benzene rings is 1. The Morgan fingerprint density at radius 1 is 0.917 bits per heavy atom. The number of methoxy groups -OCH3 is 4. The van der Waals surface area contributed by atoms with Crippen LogP contribution in [0.15, 0.2) is 53.8 Å². The highest BCUT2D eigenvalue weighted by Gasteiger charge is 2.34. The van der Waals surface area contributed by atoms with Gasteiger partial charge in [-0.2, -0.15) is 0 Å². The van der Waals surface area contributed by atoms with Crippen molar-refractivity contribution >= 4 is 19.0 Å². The van der Waals surface area contributed by atoms with Crippen LogP contribution in [-0.2, 0) is 24.0 Å². The molecule has 1 aromatic rings. The van der Waals surface area contributed by atoms with E-state index >= 15 is 0 Å². The van der Waals surface area contributed by atoms with Gasteiger partial charge in [0.15, 0.2) is 0 Å². The largest absolute Gasteiger partial charge is 0.360 e. The Hall–Kier alpha value is -1.03. The molecule has 2 rings (SSSR count). The van der Waals surface area contributed by atoms with Crippen molar-refractivity contribution in [2.24, 2.45) is 0 Å². The van der Waals surface area contributed by atoms with E-state index in [4.69, 9.17) is 18.9 Å². The molecule has 24 heavy (non-hydrogen) atoms. The molecule has 0 radical (unpaired) electrons. The maximum atomic E-state index is 5.53. The lowest BCUT2D eigenvalue weighted by Crippen LogP contribution is -2.41. The molecule has 1 unspecified atom stereocenters. The molecule has 1 aromatic carbocycles. The smallest absolute Gasteiger partial charge is 0.139 e. The SMILES string of the molecule is COC(OC)[SiH2]C1=CCC([SiH2]C(OC)OC)(c2ccccc2)C=C1. The highest BCUT2D eigenvalue weighted by molar-refractivity contribution is 6.48. The molecular formula is C18H28O4Si2. The van der Waals surface area contributed by atoms with Crippen LogP contribution >= 0.6 is 0 Å². The van der Waals surface area contributed by atoms with Crippen LogP contribution in [0, 0.1) is 0 Å². The van der Waals surface area contributed by atoms with Gasteiger partial charge >= 0.3 is 0 Å². The van der Waals surface area contributed by atoms with Gasteiger partial charge in [-0.05, 0) is 12.0 Å². The molecule has 132 valence electrons. The fraction of sp³-hybridized carbons (Fsp3) is 0.444. The first-order valence-electron chi connectivity index (χ1n) is 8.22. The lowest BCUT2D eigenvalue weighted by molar-refractivity contribution is -0.0456. The Bertz CT molecular complexity index is 553. The first-order chi connectivity index (χ1) is 11.7. The Morgan fingerprint density at radius 2 is 1.54 bits per heavy atom. The maximum Gasteiger partial charge on any atom is 0.139 e. The number of allylic oxidation sites excluding steroid dienone is 4. The van der Waals surface area contributed by atoms with Crippen molar-refractivity contribution < 1.29 is 18.9 Å². The summed E-state index contributed by atoms with van der Waals surface area (Å²) >= 11 is 0. The fourth-order valence-corrected chi connectivity index (χ4v) is 6.38. The van der Waals surface area contributed by atoms with E-state index in [1.165, 1.54) is 10.8 Å². The molecule has 0 heterocycles. The summed E-state index contributed by atoms with van der Waals surface area (Å²) in [6.07, 6.45) is 7.98. The molecule has 0 saturated carbocycles. The van der Waals surface area contributed by atoms with Crippen LogP contribution in [0.1, 0.15) is 12.0 Å². The summed E-state index contributed by atoms with van der Waals surface area (Å²) in [5, 5.41) is 1.42. The van der Waals surface area contributed by atoms with Crippen LogP contribution in [-0.4, -0.2) is 59.3 Å². The number of hydrogen-bond donors (Lipinski definition) is 0. The summed E-state index contributed by atoms with van der Waals surface area (Å²) in [5.41, 5.74) is 1.35. The number of ether oxygens (including phenoxy) is 4. The zero-order valence-corrected chi connectivity index (χ0v) is 17.9. The molecule has 1 atom stereocenters. The first-order valence-corrected chi connectivity index (χ1v) is 11.3. The molecule has 0 aromatic heterocycles. The van der Waals surface area contributed by atoms with Crippen LogP contribution in [0.2, 0.25) is 0 Å². The Labute approximate surface area is 149 Å². The van der Waals surface area contributed by atoms with Crippen LogP contribution in [0.3, 0.4) is 0 Å².